The molecule has 0 saturated heterocycles. The van der Waals surface area contributed by atoms with Gasteiger partial charge in [0.1, 0.15) is 5.75 Å². The number of aromatic nitrogens is 4. The third kappa shape index (κ3) is 4.06. The maximum absolute atomic E-state index is 12.0. The molecule has 0 bridgehead atoms. The Hall–Kier alpha value is -2.44. The molecule has 1 fully saturated rings. The van der Waals surface area contributed by atoms with Gasteiger partial charge in [-0.15, -0.1) is 10.2 Å². The van der Waals surface area contributed by atoms with Crippen molar-refractivity contribution in [3.05, 3.63) is 24.3 Å². The molecule has 0 radical (unpaired) electrons. The summed E-state index contributed by atoms with van der Waals surface area (Å²) in [5.74, 6) is 0.997. The molecule has 1 aliphatic carbocycles. The van der Waals surface area contributed by atoms with Crippen molar-refractivity contribution in [2.24, 2.45) is 5.41 Å². The highest BCUT2D eigenvalue weighted by Gasteiger charge is 2.27. The Balaban J connectivity index is 1.52. The van der Waals surface area contributed by atoms with Gasteiger partial charge >= 0.3 is 6.09 Å². The second-order valence-corrected chi connectivity index (χ2v) is 6.73. The zero-order valence-corrected chi connectivity index (χ0v) is 13.4. The number of rotatable bonds is 3. The van der Waals surface area contributed by atoms with E-state index in [2.05, 4.69) is 39.8 Å². The number of nitrogens with one attached hydrogen (secondary N) is 2. The largest absolute Gasteiger partial charge is 0.412 e. The van der Waals surface area contributed by atoms with E-state index in [-0.39, 0.29) is 6.04 Å². The van der Waals surface area contributed by atoms with Crippen LogP contribution < -0.4 is 10.1 Å². The maximum Gasteiger partial charge on any atom is 0.412 e. The van der Waals surface area contributed by atoms with Crippen molar-refractivity contribution in [1.82, 2.24) is 25.9 Å². The fraction of sp³-hybridized carbons (Fsp3) is 0.500. The average molecular weight is 315 g/mol. The van der Waals surface area contributed by atoms with Crippen LogP contribution in [-0.2, 0) is 0 Å². The number of hydrogen-bond donors (Lipinski definition) is 2. The third-order valence-corrected chi connectivity index (χ3v) is 4.33. The quantitative estimate of drug-likeness (QED) is 0.908. The summed E-state index contributed by atoms with van der Waals surface area (Å²) in [6, 6.07) is 7.21. The molecule has 1 aliphatic rings. The molecule has 1 aromatic heterocycles. The van der Waals surface area contributed by atoms with Crippen molar-refractivity contribution in [2.45, 2.75) is 45.6 Å². The molecule has 122 valence electrons. The van der Waals surface area contributed by atoms with Crippen molar-refractivity contribution in [3.8, 4) is 17.1 Å². The van der Waals surface area contributed by atoms with Crippen LogP contribution in [0.15, 0.2) is 24.3 Å². The Morgan fingerprint density at radius 1 is 1.26 bits per heavy atom. The van der Waals surface area contributed by atoms with Gasteiger partial charge in [-0.1, -0.05) is 13.8 Å². The lowest BCUT2D eigenvalue weighted by molar-refractivity contribution is 0.174. The summed E-state index contributed by atoms with van der Waals surface area (Å²) in [6.07, 6.45) is 3.84. The van der Waals surface area contributed by atoms with Crippen LogP contribution in [-0.4, -0.2) is 32.8 Å². The predicted molar refractivity (Wildman–Crippen MR) is 84.8 cm³/mol. The van der Waals surface area contributed by atoms with E-state index in [9.17, 15) is 4.79 Å². The molecular formula is C16H21N5O2. The first kappa shape index (κ1) is 15.5. The molecule has 0 aliphatic heterocycles. The average Bonchev–Trinajstić information content (AvgIpc) is 3.04. The summed E-state index contributed by atoms with van der Waals surface area (Å²) in [4.78, 5) is 12.0. The van der Waals surface area contributed by atoms with Crippen LogP contribution >= 0.6 is 0 Å². The van der Waals surface area contributed by atoms with Crippen molar-refractivity contribution in [3.63, 3.8) is 0 Å². The minimum atomic E-state index is -0.401. The molecule has 7 nitrogen and oxygen atoms in total. The van der Waals surface area contributed by atoms with Crippen LogP contribution in [0.4, 0.5) is 4.79 Å². The molecule has 2 aromatic rings. The van der Waals surface area contributed by atoms with Crippen LogP contribution in [0.2, 0.25) is 0 Å². The highest BCUT2D eigenvalue weighted by Crippen LogP contribution is 2.35. The van der Waals surface area contributed by atoms with Crippen LogP contribution in [0.1, 0.15) is 39.5 Å². The van der Waals surface area contributed by atoms with E-state index in [0.717, 1.165) is 31.2 Å². The van der Waals surface area contributed by atoms with E-state index in [1.165, 1.54) is 0 Å². The summed E-state index contributed by atoms with van der Waals surface area (Å²) in [7, 11) is 0. The number of hydrogen-bond acceptors (Lipinski definition) is 5. The van der Waals surface area contributed by atoms with Gasteiger partial charge < -0.3 is 10.1 Å². The van der Waals surface area contributed by atoms with Gasteiger partial charge in [0.05, 0.1) is 0 Å². The molecule has 1 heterocycles. The summed E-state index contributed by atoms with van der Waals surface area (Å²) >= 11 is 0. The molecule has 3 rings (SSSR count). The normalized spacial score (nSPS) is 17.7. The minimum absolute atomic E-state index is 0.203. The standard InChI is InChI=1S/C16H21N5O2/c1-16(2)9-7-12(8-10-16)17-15(22)23-13-5-3-11(4-6-13)14-18-20-21-19-14/h3-6,12H,7-10H2,1-2H3,(H,17,22)(H,18,19,20,21). The Morgan fingerprint density at radius 2 is 1.96 bits per heavy atom. The van der Waals surface area contributed by atoms with Crippen LogP contribution in [0.25, 0.3) is 11.4 Å². The van der Waals surface area contributed by atoms with Crippen molar-refractivity contribution >= 4 is 6.09 Å². The van der Waals surface area contributed by atoms with Gasteiger partial charge in [-0.05, 0) is 60.6 Å². The van der Waals surface area contributed by atoms with Gasteiger partial charge in [0.25, 0.3) is 0 Å². The number of tetrazole rings is 1. The molecule has 0 spiro atoms. The lowest BCUT2D eigenvalue weighted by Gasteiger charge is -2.34. The number of benzene rings is 1. The summed E-state index contributed by atoms with van der Waals surface area (Å²) in [5, 5.41) is 16.7. The monoisotopic (exact) mass is 315 g/mol. The number of nitrogens with zero attached hydrogens (tertiary/aromatic N) is 3. The molecular weight excluding hydrogens is 294 g/mol. The second kappa shape index (κ2) is 6.36. The van der Waals surface area contributed by atoms with Gasteiger partial charge in [-0.3, -0.25) is 0 Å². The van der Waals surface area contributed by atoms with Gasteiger partial charge in [-0.25, -0.2) is 4.79 Å². The fourth-order valence-corrected chi connectivity index (χ4v) is 2.80. The molecule has 2 N–H and O–H groups in total. The zero-order valence-electron chi connectivity index (χ0n) is 13.4. The van der Waals surface area contributed by atoms with Gasteiger partial charge in [0.15, 0.2) is 0 Å². The Kier molecular flexibility index (Phi) is 4.27. The highest BCUT2D eigenvalue weighted by molar-refractivity contribution is 5.71. The van der Waals surface area contributed by atoms with E-state index in [0.29, 0.717) is 17.0 Å². The minimum Gasteiger partial charge on any atom is -0.410 e. The molecule has 1 aromatic carbocycles. The maximum atomic E-state index is 12.0. The molecule has 23 heavy (non-hydrogen) atoms. The van der Waals surface area contributed by atoms with E-state index < -0.39 is 6.09 Å². The van der Waals surface area contributed by atoms with Crippen LogP contribution in [0, 0.1) is 5.41 Å². The van der Waals surface area contributed by atoms with E-state index in [4.69, 9.17) is 4.74 Å². The summed E-state index contributed by atoms with van der Waals surface area (Å²) in [6.45, 7) is 4.54. The highest BCUT2D eigenvalue weighted by atomic mass is 16.6. The number of H-pyrrole nitrogens is 1. The number of carbonyl (C=O) groups excluding carboxylic acids is 1. The molecule has 0 unspecified atom stereocenters. The first-order chi connectivity index (χ1) is 11.0. The number of carbonyl (C=O) groups is 1. The van der Waals surface area contributed by atoms with Crippen LogP contribution in [0.5, 0.6) is 5.75 Å². The topological polar surface area (TPSA) is 92.8 Å². The van der Waals surface area contributed by atoms with E-state index >= 15 is 0 Å². The molecule has 0 atom stereocenters. The lowest BCUT2D eigenvalue weighted by Crippen LogP contribution is -2.40. The Labute approximate surface area is 134 Å². The lowest BCUT2D eigenvalue weighted by atomic mass is 9.76. The zero-order chi connectivity index (χ0) is 16.3. The van der Waals surface area contributed by atoms with Crippen molar-refractivity contribution < 1.29 is 9.53 Å². The van der Waals surface area contributed by atoms with Gasteiger partial charge in [-0.2, -0.15) is 5.21 Å². The van der Waals surface area contributed by atoms with Gasteiger partial charge in [0, 0.05) is 11.6 Å². The third-order valence-electron chi connectivity index (χ3n) is 4.33. The smallest absolute Gasteiger partial charge is 0.410 e. The fourth-order valence-electron chi connectivity index (χ4n) is 2.80. The SMILES string of the molecule is CC1(C)CCC(NC(=O)Oc2ccc(-c3nn[nH]n3)cc2)CC1. The van der Waals surface area contributed by atoms with Gasteiger partial charge in [0.2, 0.25) is 5.82 Å². The van der Waals surface area contributed by atoms with Crippen LogP contribution in [0.3, 0.4) is 0 Å². The van der Waals surface area contributed by atoms with Crippen molar-refractivity contribution in [1.29, 1.82) is 0 Å². The number of ether oxygens (including phenoxy) is 1. The summed E-state index contributed by atoms with van der Waals surface area (Å²) < 4.78 is 5.33. The molecule has 1 amide bonds. The first-order valence-corrected chi connectivity index (χ1v) is 7.84. The summed E-state index contributed by atoms with van der Waals surface area (Å²) in [5.41, 5.74) is 1.19. The molecule has 7 heteroatoms. The van der Waals surface area contributed by atoms with Crippen molar-refractivity contribution in [2.75, 3.05) is 0 Å². The second-order valence-electron chi connectivity index (χ2n) is 6.73. The Morgan fingerprint density at radius 3 is 2.57 bits per heavy atom. The van der Waals surface area contributed by atoms with E-state index in [1.54, 1.807) is 24.3 Å². The number of amides is 1. The first-order valence-electron chi connectivity index (χ1n) is 7.84. The predicted octanol–water partition coefficient (Wildman–Crippen LogP) is 2.92. The van der Waals surface area contributed by atoms with E-state index in [1.807, 2.05) is 0 Å². The Bertz CT molecular complexity index is 642. The molecule has 1 saturated carbocycles. The number of aromatic amines is 1.